The lowest BCUT2D eigenvalue weighted by molar-refractivity contribution is 0.309. The summed E-state index contributed by atoms with van der Waals surface area (Å²) in [6.45, 7) is 5.08. The molecule has 0 amide bonds. The van der Waals surface area contributed by atoms with Gasteiger partial charge in [0.25, 0.3) is 0 Å². The molecule has 1 aromatic carbocycles. The number of hydrogen-bond donors (Lipinski definition) is 1. The van der Waals surface area contributed by atoms with Crippen molar-refractivity contribution in [1.29, 1.82) is 0 Å². The fraction of sp³-hybridized carbons (Fsp3) is 0.316. The van der Waals surface area contributed by atoms with Crippen molar-refractivity contribution in [2.45, 2.75) is 26.6 Å². The van der Waals surface area contributed by atoms with Crippen LogP contribution in [-0.2, 0) is 19.6 Å². The van der Waals surface area contributed by atoms with Gasteiger partial charge in [0.2, 0.25) is 0 Å². The minimum Gasteiger partial charge on any atom is -0.352 e. The third kappa shape index (κ3) is 2.59. The second-order valence-electron chi connectivity index (χ2n) is 6.41. The molecule has 0 radical (unpaired) electrons. The molecule has 4 heteroatoms. The van der Waals surface area contributed by atoms with Crippen molar-refractivity contribution < 1.29 is 0 Å². The highest BCUT2D eigenvalue weighted by Gasteiger charge is 2.22. The number of aromatic nitrogens is 2. The number of rotatable bonds is 3. The van der Waals surface area contributed by atoms with Crippen molar-refractivity contribution in [3.8, 4) is 0 Å². The van der Waals surface area contributed by atoms with E-state index >= 15 is 0 Å². The summed E-state index contributed by atoms with van der Waals surface area (Å²) in [4.78, 5) is 6.77. The van der Waals surface area contributed by atoms with E-state index < -0.39 is 0 Å². The Morgan fingerprint density at radius 2 is 2.13 bits per heavy atom. The molecule has 0 aliphatic carbocycles. The molecule has 0 spiro atoms. The summed E-state index contributed by atoms with van der Waals surface area (Å²) in [7, 11) is 2.20. The van der Waals surface area contributed by atoms with E-state index in [4.69, 9.17) is 0 Å². The number of fused-ring (bicyclic) bond motifs is 3. The Balaban J connectivity index is 1.76. The van der Waals surface area contributed by atoms with Gasteiger partial charge in [0.1, 0.15) is 5.82 Å². The lowest BCUT2D eigenvalue weighted by Crippen LogP contribution is -2.27. The van der Waals surface area contributed by atoms with Gasteiger partial charge in [-0.15, -0.1) is 0 Å². The van der Waals surface area contributed by atoms with Gasteiger partial charge in [-0.1, -0.05) is 17.7 Å². The molecule has 118 valence electrons. The Kier molecular flexibility index (Phi) is 3.54. The van der Waals surface area contributed by atoms with Crippen LogP contribution in [-0.4, -0.2) is 28.0 Å². The van der Waals surface area contributed by atoms with Crippen LogP contribution in [0.4, 0.5) is 5.82 Å². The fourth-order valence-electron chi connectivity index (χ4n) is 3.51. The molecule has 23 heavy (non-hydrogen) atoms. The van der Waals surface area contributed by atoms with E-state index in [1.165, 1.54) is 27.7 Å². The molecular weight excluding hydrogens is 284 g/mol. The first-order valence-corrected chi connectivity index (χ1v) is 8.16. The molecule has 4 nitrogen and oxygen atoms in total. The van der Waals surface area contributed by atoms with Gasteiger partial charge in [0.15, 0.2) is 0 Å². The first-order valence-electron chi connectivity index (χ1n) is 8.16. The Morgan fingerprint density at radius 1 is 1.22 bits per heavy atom. The average Bonchev–Trinajstić information content (AvgIpc) is 2.86. The maximum atomic E-state index is 4.36. The van der Waals surface area contributed by atoms with Gasteiger partial charge in [-0.05, 0) is 43.8 Å². The zero-order valence-electron chi connectivity index (χ0n) is 13.7. The number of anilines is 1. The van der Waals surface area contributed by atoms with Crippen molar-refractivity contribution in [3.63, 3.8) is 0 Å². The van der Waals surface area contributed by atoms with Crippen LogP contribution in [0.5, 0.6) is 0 Å². The van der Waals surface area contributed by atoms with Crippen LogP contribution in [0, 0.1) is 6.92 Å². The molecule has 1 N–H and O–H groups in total. The zero-order chi connectivity index (χ0) is 15.8. The number of benzene rings is 1. The van der Waals surface area contributed by atoms with Crippen molar-refractivity contribution in [2.75, 3.05) is 18.9 Å². The summed E-state index contributed by atoms with van der Waals surface area (Å²) in [6, 6.07) is 12.7. The molecule has 2 aromatic heterocycles. The molecule has 0 saturated heterocycles. The lowest BCUT2D eigenvalue weighted by atomic mass is 10.0. The van der Waals surface area contributed by atoms with Gasteiger partial charge in [0, 0.05) is 36.8 Å². The van der Waals surface area contributed by atoms with E-state index in [1.807, 2.05) is 24.4 Å². The Labute approximate surface area is 136 Å². The van der Waals surface area contributed by atoms with Crippen molar-refractivity contribution in [3.05, 3.63) is 59.4 Å². The molecule has 3 aromatic rings. The van der Waals surface area contributed by atoms with Crippen LogP contribution in [0.15, 0.2) is 42.6 Å². The third-order valence-electron chi connectivity index (χ3n) is 4.68. The van der Waals surface area contributed by atoms with E-state index in [0.29, 0.717) is 0 Å². The highest BCUT2D eigenvalue weighted by molar-refractivity contribution is 5.86. The number of aryl methyl sites for hydroxylation is 1. The zero-order valence-corrected chi connectivity index (χ0v) is 13.7. The molecule has 0 unspecified atom stereocenters. The quantitative estimate of drug-likeness (QED) is 0.805. The standard InChI is InChI=1S/C19H22N4/c1-14-6-7-17-15(11-14)16-12-22(2)10-8-18(16)23(17)13-21-19-5-3-4-9-20-19/h3-7,9,11H,8,10,12-13H2,1-2H3,(H,20,21). The first kappa shape index (κ1) is 14.3. The molecular formula is C19H22N4. The molecule has 3 heterocycles. The van der Waals surface area contributed by atoms with E-state index in [0.717, 1.165) is 32.0 Å². The van der Waals surface area contributed by atoms with Crippen LogP contribution in [0.1, 0.15) is 16.8 Å². The normalized spacial score (nSPS) is 14.9. The number of likely N-dealkylation sites (N-methyl/N-ethyl adjacent to an activating group) is 1. The largest absolute Gasteiger partial charge is 0.352 e. The highest BCUT2D eigenvalue weighted by atomic mass is 15.2. The summed E-state index contributed by atoms with van der Waals surface area (Å²) < 4.78 is 2.42. The van der Waals surface area contributed by atoms with Gasteiger partial charge < -0.3 is 14.8 Å². The van der Waals surface area contributed by atoms with E-state index in [2.05, 4.69) is 51.9 Å². The molecule has 0 saturated carbocycles. The number of nitrogens with zero attached hydrogens (tertiary/aromatic N) is 3. The Bertz CT molecular complexity index is 835. The lowest BCUT2D eigenvalue weighted by Gasteiger charge is -2.24. The van der Waals surface area contributed by atoms with Crippen LogP contribution >= 0.6 is 0 Å². The Hall–Kier alpha value is -2.33. The van der Waals surface area contributed by atoms with Crippen LogP contribution < -0.4 is 5.32 Å². The number of hydrogen-bond acceptors (Lipinski definition) is 3. The Morgan fingerprint density at radius 3 is 2.96 bits per heavy atom. The summed E-state index contributed by atoms with van der Waals surface area (Å²) in [6.07, 6.45) is 2.92. The topological polar surface area (TPSA) is 33.1 Å². The summed E-state index contributed by atoms with van der Waals surface area (Å²) in [5.41, 5.74) is 5.59. The van der Waals surface area contributed by atoms with Gasteiger partial charge >= 0.3 is 0 Å². The van der Waals surface area contributed by atoms with Gasteiger partial charge in [-0.3, -0.25) is 0 Å². The minimum atomic E-state index is 0.760. The first-order chi connectivity index (χ1) is 11.2. The van der Waals surface area contributed by atoms with Gasteiger partial charge in [-0.2, -0.15) is 0 Å². The summed E-state index contributed by atoms with van der Waals surface area (Å²) >= 11 is 0. The molecule has 0 bridgehead atoms. The molecule has 4 rings (SSSR count). The van der Waals surface area contributed by atoms with Crippen LogP contribution in [0.2, 0.25) is 0 Å². The predicted molar refractivity (Wildman–Crippen MR) is 94.6 cm³/mol. The van der Waals surface area contributed by atoms with Crippen molar-refractivity contribution >= 4 is 16.7 Å². The maximum Gasteiger partial charge on any atom is 0.127 e. The minimum absolute atomic E-state index is 0.760. The van der Waals surface area contributed by atoms with Gasteiger partial charge in [0.05, 0.1) is 12.2 Å². The summed E-state index contributed by atoms with van der Waals surface area (Å²) in [5, 5.41) is 4.85. The van der Waals surface area contributed by atoms with E-state index in [9.17, 15) is 0 Å². The SMILES string of the molecule is Cc1ccc2c(c1)c1c(n2CNc2ccccn2)CCN(C)C1. The maximum absolute atomic E-state index is 4.36. The van der Waals surface area contributed by atoms with E-state index in [-0.39, 0.29) is 0 Å². The second-order valence-corrected chi connectivity index (χ2v) is 6.41. The predicted octanol–water partition coefficient (Wildman–Crippen LogP) is 3.40. The molecule has 1 aliphatic heterocycles. The second kappa shape index (κ2) is 5.70. The smallest absolute Gasteiger partial charge is 0.127 e. The number of nitrogens with one attached hydrogen (secondary N) is 1. The van der Waals surface area contributed by atoms with Crippen molar-refractivity contribution in [2.24, 2.45) is 0 Å². The van der Waals surface area contributed by atoms with E-state index in [1.54, 1.807) is 0 Å². The van der Waals surface area contributed by atoms with Crippen LogP contribution in [0.25, 0.3) is 10.9 Å². The monoisotopic (exact) mass is 306 g/mol. The molecule has 0 fully saturated rings. The van der Waals surface area contributed by atoms with Gasteiger partial charge in [-0.25, -0.2) is 4.98 Å². The molecule has 1 aliphatic rings. The molecule has 0 atom stereocenters. The average molecular weight is 306 g/mol. The summed E-state index contributed by atoms with van der Waals surface area (Å²) in [5.74, 6) is 0.920. The number of pyridine rings is 1. The fourth-order valence-corrected chi connectivity index (χ4v) is 3.51. The van der Waals surface area contributed by atoms with Crippen LogP contribution in [0.3, 0.4) is 0 Å². The highest BCUT2D eigenvalue weighted by Crippen LogP contribution is 2.31. The third-order valence-corrected chi connectivity index (χ3v) is 4.68. The van der Waals surface area contributed by atoms with Crippen molar-refractivity contribution in [1.82, 2.24) is 14.5 Å².